The van der Waals surface area contributed by atoms with Crippen molar-refractivity contribution in [3.05, 3.63) is 40.5 Å². The molecule has 0 unspecified atom stereocenters. The van der Waals surface area contributed by atoms with Gasteiger partial charge in [-0.2, -0.15) is 0 Å². The third-order valence-electron chi connectivity index (χ3n) is 2.90. The summed E-state index contributed by atoms with van der Waals surface area (Å²) >= 11 is 5.95. The second kappa shape index (κ2) is 4.94. The lowest BCUT2D eigenvalue weighted by atomic mass is 9.92. The van der Waals surface area contributed by atoms with Crippen LogP contribution in [0.4, 0.5) is 5.95 Å². The van der Waals surface area contributed by atoms with E-state index >= 15 is 0 Å². The van der Waals surface area contributed by atoms with Gasteiger partial charge in [0.1, 0.15) is 5.15 Å². The molecule has 0 amide bonds. The van der Waals surface area contributed by atoms with Crippen LogP contribution in [-0.4, -0.2) is 9.97 Å². The minimum atomic E-state index is 0.204. The number of nitrogens with zero attached hydrogens (tertiary/aromatic N) is 2. The third kappa shape index (κ3) is 2.46. The quantitative estimate of drug-likeness (QED) is 0.837. The SMILES string of the molecule is Cc1cccc(C(C)C)c1-c1cc(Cl)nc(N)n1. The van der Waals surface area contributed by atoms with Gasteiger partial charge in [-0.3, -0.25) is 0 Å². The number of benzene rings is 1. The highest BCUT2D eigenvalue weighted by atomic mass is 35.5. The fraction of sp³-hybridized carbons (Fsp3) is 0.286. The van der Waals surface area contributed by atoms with Crippen LogP contribution in [0.25, 0.3) is 11.3 Å². The first kappa shape index (κ1) is 12.8. The van der Waals surface area contributed by atoms with Crippen molar-refractivity contribution in [2.24, 2.45) is 0 Å². The largest absolute Gasteiger partial charge is 0.368 e. The highest BCUT2D eigenvalue weighted by Gasteiger charge is 2.13. The van der Waals surface area contributed by atoms with E-state index in [4.69, 9.17) is 17.3 Å². The maximum absolute atomic E-state index is 5.95. The van der Waals surface area contributed by atoms with E-state index in [0.717, 1.165) is 16.8 Å². The molecule has 0 aliphatic carbocycles. The average Bonchev–Trinajstić information content (AvgIpc) is 2.26. The molecule has 3 nitrogen and oxygen atoms in total. The lowest BCUT2D eigenvalue weighted by Gasteiger charge is -2.15. The van der Waals surface area contributed by atoms with Crippen LogP contribution in [0.3, 0.4) is 0 Å². The Morgan fingerprint density at radius 1 is 1.22 bits per heavy atom. The van der Waals surface area contributed by atoms with E-state index in [1.54, 1.807) is 6.07 Å². The number of aryl methyl sites for hydroxylation is 1. The van der Waals surface area contributed by atoms with Crippen LogP contribution in [0.15, 0.2) is 24.3 Å². The number of hydrogen-bond donors (Lipinski definition) is 1. The van der Waals surface area contributed by atoms with E-state index in [0.29, 0.717) is 11.1 Å². The molecule has 0 radical (unpaired) electrons. The Hall–Kier alpha value is -1.61. The van der Waals surface area contributed by atoms with Crippen molar-refractivity contribution in [2.45, 2.75) is 26.7 Å². The van der Waals surface area contributed by atoms with E-state index in [1.807, 2.05) is 0 Å². The second-order valence-corrected chi connectivity index (χ2v) is 5.02. The van der Waals surface area contributed by atoms with Gasteiger partial charge in [0.05, 0.1) is 5.69 Å². The first-order valence-electron chi connectivity index (χ1n) is 5.89. The zero-order valence-electron chi connectivity index (χ0n) is 10.7. The summed E-state index contributed by atoms with van der Waals surface area (Å²) in [4.78, 5) is 8.19. The van der Waals surface area contributed by atoms with E-state index in [2.05, 4.69) is 48.9 Å². The molecule has 0 spiro atoms. The van der Waals surface area contributed by atoms with Crippen LogP contribution in [0.1, 0.15) is 30.9 Å². The van der Waals surface area contributed by atoms with Crippen LogP contribution >= 0.6 is 11.6 Å². The highest BCUT2D eigenvalue weighted by Crippen LogP contribution is 2.32. The standard InChI is InChI=1S/C14H16ClN3/c1-8(2)10-6-4-5-9(3)13(10)11-7-12(15)18-14(16)17-11/h4-8H,1-3H3,(H2,16,17,18). The molecule has 0 aliphatic heterocycles. The van der Waals surface area contributed by atoms with Gasteiger partial charge >= 0.3 is 0 Å². The molecule has 2 rings (SSSR count). The summed E-state index contributed by atoms with van der Waals surface area (Å²) < 4.78 is 0. The molecule has 0 bridgehead atoms. The summed E-state index contributed by atoms with van der Waals surface area (Å²) in [6, 6.07) is 7.99. The van der Waals surface area contributed by atoms with Gasteiger partial charge in [-0.05, 0) is 24.0 Å². The summed E-state index contributed by atoms with van der Waals surface area (Å²) in [6.07, 6.45) is 0. The topological polar surface area (TPSA) is 51.8 Å². The average molecular weight is 262 g/mol. The molecule has 1 aromatic carbocycles. The summed E-state index contributed by atoms with van der Waals surface area (Å²) in [5.41, 5.74) is 9.96. The Bertz CT molecular complexity index is 559. The summed E-state index contributed by atoms with van der Waals surface area (Å²) in [6.45, 7) is 6.38. The fourth-order valence-corrected chi connectivity index (χ4v) is 2.27. The predicted octanol–water partition coefficient (Wildman–Crippen LogP) is 3.81. The second-order valence-electron chi connectivity index (χ2n) is 4.63. The maximum Gasteiger partial charge on any atom is 0.221 e. The van der Waals surface area contributed by atoms with Gasteiger partial charge in [0.2, 0.25) is 5.95 Å². The molecule has 0 atom stereocenters. The van der Waals surface area contributed by atoms with Gasteiger partial charge in [0, 0.05) is 11.6 Å². The first-order chi connectivity index (χ1) is 8.49. The van der Waals surface area contributed by atoms with Crippen molar-refractivity contribution in [3.8, 4) is 11.3 Å². The van der Waals surface area contributed by atoms with Crippen LogP contribution in [0.5, 0.6) is 0 Å². The van der Waals surface area contributed by atoms with Crippen molar-refractivity contribution >= 4 is 17.5 Å². The zero-order valence-corrected chi connectivity index (χ0v) is 11.5. The van der Waals surface area contributed by atoms with Crippen molar-refractivity contribution in [1.29, 1.82) is 0 Å². The van der Waals surface area contributed by atoms with E-state index < -0.39 is 0 Å². The van der Waals surface area contributed by atoms with Crippen molar-refractivity contribution in [1.82, 2.24) is 9.97 Å². The monoisotopic (exact) mass is 261 g/mol. The van der Waals surface area contributed by atoms with Gasteiger partial charge in [-0.15, -0.1) is 0 Å². The zero-order chi connectivity index (χ0) is 13.3. The Morgan fingerprint density at radius 2 is 1.94 bits per heavy atom. The van der Waals surface area contributed by atoms with E-state index in [9.17, 15) is 0 Å². The Kier molecular flexibility index (Phi) is 3.53. The normalized spacial score (nSPS) is 10.9. The Morgan fingerprint density at radius 3 is 2.56 bits per heavy atom. The number of halogens is 1. The molecule has 1 aromatic heterocycles. The number of anilines is 1. The Labute approximate surface area is 112 Å². The minimum Gasteiger partial charge on any atom is -0.368 e. The minimum absolute atomic E-state index is 0.204. The van der Waals surface area contributed by atoms with E-state index in [-0.39, 0.29) is 5.95 Å². The molecule has 2 aromatic rings. The van der Waals surface area contributed by atoms with E-state index in [1.165, 1.54) is 5.56 Å². The molecule has 2 N–H and O–H groups in total. The van der Waals surface area contributed by atoms with Crippen LogP contribution in [0, 0.1) is 6.92 Å². The van der Waals surface area contributed by atoms with Gasteiger partial charge in [0.25, 0.3) is 0 Å². The molecular weight excluding hydrogens is 246 g/mol. The molecular formula is C14H16ClN3. The molecule has 4 heteroatoms. The summed E-state index contributed by atoms with van der Waals surface area (Å²) in [5.74, 6) is 0.616. The number of nitrogen functional groups attached to an aromatic ring is 1. The molecule has 94 valence electrons. The molecule has 0 saturated carbocycles. The predicted molar refractivity (Wildman–Crippen MR) is 75.7 cm³/mol. The van der Waals surface area contributed by atoms with Crippen molar-refractivity contribution < 1.29 is 0 Å². The number of nitrogens with two attached hydrogens (primary N) is 1. The lowest BCUT2D eigenvalue weighted by Crippen LogP contribution is -2.01. The van der Waals surface area contributed by atoms with Crippen LogP contribution in [0.2, 0.25) is 5.15 Å². The number of rotatable bonds is 2. The maximum atomic E-state index is 5.95. The van der Waals surface area contributed by atoms with Crippen molar-refractivity contribution in [3.63, 3.8) is 0 Å². The van der Waals surface area contributed by atoms with Crippen LogP contribution < -0.4 is 5.73 Å². The molecule has 1 heterocycles. The summed E-state index contributed by atoms with van der Waals surface area (Å²) in [7, 11) is 0. The number of aromatic nitrogens is 2. The smallest absolute Gasteiger partial charge is 0.221 e. The van der Waals surface area contributed by atoms with Crippen molar-refractivity contribution in [2.75, 3.05) is 5.73 Å². The molecule has 0 saturated heterocycles. The van der Waals surface area contributed by atoms with Gasteiger partial charge in [-0.25, -0.2) is 9.97 Å². The van der Waals surface area contributed by atoms with Gasteiger partial charge in [0.15, 0.2) is 0 Å². The summed E-state index contributed by atoms with van der Waals surface area (Å²) in [5, 5.41) is 0.371. The number of hydrogen-bond acceptors (Lipinski definition) is 3. The first-order valence-corrected chi connectivity index (χ1v) is 6.26. The molecule has 18 heavy (non-hydrogen) atoms. The molecule has 0 fully saturated rings. The third-order valence-corrected chi connectivity index (χ3v) is 3.09. The van der Waals surface area contributed by atoms with Gasteiger partial charge in [-0.1, -0.05) is 43.6 Å². The van der Waals surface area contributed by atoms with Gasteiger partial charge < -0.3 is 5.73 Å². The molecule has 0 aliphatic rings. The highest BCUT2D eigenvalue weighted by molar-refractivity contribution is 6.29. The Balaban J connectivity index is 2.69. The van der Waals surface area contributed by atoms with Crippen LogP contribution in [-0.2, 0) is 0 Å². The fourth-order valence-electron chi connectivity index (χ4n) is 2.08. The lowest BCUT2D eigenvalue weighted by molar-refractivity contribution is 0.866.